The lowest BCUT2D eigenvalue weighted by Crippen LogP contribution is -2.41. The van der Waals surface area contributed by atoms with E-state index in [0.717, 1.165) is 12.8 Å². The lowest BCUT2D eigenvalue weighted by Gasteiger charge is -2.38. The highest BCUT2D eigenvalue weighted by molar-refractivity contribution is 7.89. The molecule has 0 radical (unpaired) electrons. The molecule has 0 N–H and O–H groups in total. The van der Waals surface area contributed by atoms with Crippen molar-refractivity contribution in [1.82, 2.24) is 4.31 Å². The van der Waals surface area contributed by atoms with Crippen molar-refractivity contribution in [3.63, 3.8) is 0 Å². The highest BCUT2D eigenvalue weighted by Gasteiger charge is 2.33. The van der Waals surface area contributed by atoms with Gasteiger partial charge in [-0.25, -0.2) is 8.42 Å². The van der Waals surface area contributed by atoms with Gasteiger partial charge in [0.25, 0.3) is 0 Å². The summed E-state index contributed by atoms with van der Waals surface area (Å²) >= 11 is 5.89. The van der Waals surface area contributed by atoms with Crippen molar-refractivity contribution in [1.29, 1.82) is 0 Å². The zero-order valence-corrected chi connectivity index (χ0v) is 13.8. The molecule has 2 rings (SSSR count). The molecule has 5 heteroatoms. The Morgan fingerprint density at radius 2 is 1.80 bits per heavy atom. The van der Waals surface area contributed by atoms with E-state index in [0.29, 0.717) is 28.9 Å². The molecule has 0 saturated carbocycles. The molecule has 1 aromatic carbocycles. The van der Waals surface area contributed by atoms with Gasteiger partial charge in [-0.3, -0.25) is 0 Å². The van der Waals surface area contributed by atoms with Crippen molar-refractivity contribution in [3.05, 3.63) is 29.3 Å². The molecular weight excluding hydrogens is 294 g/mol. The van der Waals surface area contributed by atoms with Gasteiger partial charge in [0, 0.05) is 18.1 Å². The number of rotatable bonds is 2. The van der Waals surface area contributed by atoms with Crippen LogP contribution in [-0.2, 0) is 10.0 Å². The summed E-state index contributed by atoms with van der Waals surface area (Å²) in [5.41, 5.74) is 0.242. The maximum absolute atomic E-state index is 12.6. The van der Waals surface area contributed by atoms with Crippen molar-refractivity contribution in [2.75, 3.05) is 13.1 Å². The van der Waals surface area contributed by atoms with E-state index in [-0.39, 0.29) is 5.41 Å². The molecule has 0 spiro atoms. The van der Waals surface area contributed by atoms with Crippen LogP contribution in [0, 0.1) is 11.3 Å². The average molecular weight is 316 g/mol. The summed E-state index contributed by atoms with van der Waals surface area (Å²) in [6.45, 7) is 7.85. The minimum Gasteiger partial charge on any atom is -0.207 e. The highest BCUT2D eigenvalue weighted by atomic mass is 35.5. The molecule has 1 saturated heterocycles. The van der Waals surface area contributed by atoms with Crippen LogP contribution in [0.25, 0.3) is 0 Å². The topological polar surface area (TPSA) is 37.4 Å². The highest BCUT2D eigenvalue weighted by Crippen LogP contribution is 2.35. The van der Waals surface area contributed by atoms with Crippen LogP contribution in [0.5, 0.6) is 0 Å². The van der Waals surface area contributed by atoms with Crippen LogP contribution in [0.4, 0.5) is 0 Å². The summed E-state index contributed by atoms with van der Waals surface area (Å²) < 4.78 is 26.7. The first kappa shape index (κ1) is 15.8. The number of benzene rings is 1. The second-order valence-corrected chi connectivity index (χ2v) is 8.88. The molecule has 0 atom stereocenters. The van der Waals surface area contributed by atoms with Crippen molar-refractivity contribution in [3.8, 4) is 0 Å². The number of hydrogen-bond acceptors (Lipinski definition) is 2. The molecule has 1 fully saturated rings. The third-order valence-electron chi connectivity index (χ3n) is 4.11. The second kappa shape index (κ2) is 5.66. The Morgan fingerprint density at radius 1 is 1.20 bits per heavy atom. The van der Waals surface area contributed by atoms with Crippen molar-refractivity contribution in [2.24, 2.45) is 11.3 Å². The van der Waals surface area contributed by atoms with E-state index in [2.05, 4.69) is 20.8 Å². The molecule has 0 amide bonds. The van der Waals surface area contributed by atoms with Crippen LogP contribution in [-0.4, -0.2) is 25.8 Å². The molecular formula is C15H22ClNO2S. The van der Waals surface area contributed by atoms with Crippen LogP contribution in [0.15, 0.2) is 29.2 Å². The van der Waals surface area contributed by atoms with Gasteiger partial charge in [0.15, 0.2) is 0 Å². The predicted molar refractivity (Wildman–Crippen MR) is 82.4 cm³/mol. The van der Waals surface area contributed by atoms with Gasteiger partial charge in [-0.15, -0.1) is 0 Å². The average Bonchev–Trinajstić information content (AvgIpc) is 2.38. The molecule has 0 aromatic heterocycles. The lowest BCUT2D eigenvalue weighted by molar-refractivity contribution is 0.154. The minimum absolute atomic E-state index is 0.242. The Morgan fingerprint density at radius 3 is 2.30 bits per heavy atom. The molecule has 0 unspecified atom stereocenters. The zero-order chi connectivity index (χ0) is 15.0. The SMILES string of the molecule is CC(C)(C)C1CCN(S(=O)(=O)c2cccc(Cl)c2)CC1. The molecule has 0 aliphatic carbocycles. The zero-order valence-electron chi connectivity index (χ0n) is 12.3. The Balaban J connectivity index is 2.14. The maximum Gasteiger partial charge on any atom is 0.243 e. The van der Waals surface area contributed by atoms with Gasteiger partial charge in [-0.1, -0.05) is 38.4 Å². The van der Waals surface area contributed by atoms with Crippen LogP contribution in [0.3, 0.4) is 0 Å². The molecule has 20 heavy (non-hydrogen) atoms. The predicted octanol–water partition coefficient (Wildman–Crippen LogP) is 3.79. The Kier molecular flexibility index (Phi) is 4.47. The molecule has 0 bridgehead atoms. The molecule has 112 valence electrons. The number of nitrogens with zero attached hydrogens (tertiary/aromatic N) is 1. The molecule has 3 nitrogen and oxygen atoms in total. The summed E-state index contributed by atoms with van der Waals surface area (Å²) in [6.07, 6.45) is 1.84. The van der Waals surface area contributed by atoms with E-state index in [4.69, 9.17) is 11.6 Å². The largest absolute Gasteiger partial charge is 0.243 e. The normalized spacial score (nSPS) is 19.2. The van der Waals surface area contributed by atoms with Gasteiger partial charge in [-0.05, 0) is 42.4 Å². The summed E-state index contributed by atoms with van der Waals surface area (Å²) in [5, 5.41) is 0.454. The van der Waals surface area contributed by atoms with E-state index in [9.17, 15) is 8.42 Å². The van der Waals surface area contributed by atoms with Gasteiger partial charge in [0.2, 0.25) is 10.0 Å². The number of sulfonamides is 1. The molecule has 1 aromatic rings. The summed E-state index contributed by atoms with van der Waals surface area (Å²) in [7, 11) is -3.40. The van der Waals surface area contributed by atoms with Crippen LogP contribution in [0.1, 0.15) is 33.6 Å². The Bertz CT molecular complexity index is 570. The van der Waals surface area contributed by atoms with Gasteiger partial charge in [0.05, 0.1) is 4.90 Å². The second-order valence-electron chi connectivity index (χ2n) is 6.50. The smallest absolute Gasteiger partial charge is 0.207 e. The monoisotopic (exact) mass is 315 g/mol. The van der Waals surface area contributed by atoms with Gasteiger partial charge in [0.1, 0.15) is 0 Å². The molecule has 1 aliphatic heterocycles. The number of hydrogen-bond donors (Lipinski definition) is 0. The summed E-state index contributed by atoms with van der Waals surface area (Å²) in [6, 6.07) is 6.49. The van der Waals surface area contributed by atoms with E-state index >= 15 is 0 Å². The molecule has 1 aliphatic rings. The van der Waals surface area contributed by atoms with Crippen molar-refractivity contribution in [2.45, 2.75) is 38.5 Å². The molecule has 1 heterocycles. The van der Waals surface area contributed by atoms with E-state index in [1.807, 2.05) is 0 Å². The third-order valence-corrected chi connectivity index (χ3v) is 6.24. The number of piperidine rings is 1. The first-order valence-corrected chi connectivity index (χ1v) is 8.79. The van der Waals surface area contributed by atoms with E-state index < -0.39 is 10.0 Å². The van der Waals surface area contributed by atoms with E-state index in [1.165, 1.54) is 6.07 Å². The van der Waals surface area contributed by atoms with Gasteiger partial charge < -0.3 is 0 Å². The fourth-order valence-corrected chi connectivity index (χ4v) is 4.51. The third kappa shape index (κ3) is 3.35. The van der Waals surface area contributed by atoms with Crippen molar-refractivity contribution >= 4 is 21.6 Å². The fourth-order valence-electron chi connectivity index (χ4n) is 2.74. The first-order valence-electron chi connectivity index (χ1n) is 6.97. The Hall–Kier alpha value is -0.580. The fraction of sp³-hybridized carbons (Fsp3) is 0.600. The maximum atomic E-state index is 12.6. The van der Waals surface area contributed by atoms with Gasteiger partial charge in [-0.2, -0.15) is 4.31 Å². The van der Waals surface area contributed by atoms with Crippen LogP contribution in [0.2, 0.25) is 5.02 Å². The van der Waals surface area contributed by atoms with E-state index in [1.54, 1.807) is 22.5 Å². The van der Waals surface area contributed by atoms with Crippen LogP contribution >= 0.6 is 11.6 Å². The minimum atomic E-state index is -3.40. The van der Waals surface area contributed by atoms with Gasteiger partial charge >= 0.3 is 0 Å². The summed E-state index contributed by atoms with van der Waals surface area (Å²) in [5.74, 6) is 0.577. The standard InChI is InChI=1S/C15H22ClNO2S/c1-15(2,3)12-7-9-17(10-8-12)20(18,19)14-6-4-5-13(16)11-14/h4-6,11-12H,7-10H2,1-3H3. The summed E-state index contributed by atoms with van der Waals surface area (Å²) in [4.78, 5) is 0.291. The Labute approximate surface area is 127 Å². The quantitative estimate of drug-likeness (QED) is 0.832. The number of halogens is 1. The van der Waals surface area contributed by atoms with Crippen molar-refractivity contribution < 1.29 is 8.42 Å². The van der Waals surface area contributed by atoms with Crippen LogP contribution < -0.4 is 0 Å². The lowest BCUT2D eigenvalue weighted by atomic mass is 9.76. The first-order chi connectivity index (χ1) is 9.21.